The number of unbranched alkanes of at least 4 members (excludes halogenated alkanes) is 9. The van der Waals surface area contributed by atoms with E-state index >= 15 is 0 Å². The average molecular weight is 463 g/mol. The van der Waals surface area contributed by atoms with Gasteiger partial charge in [0.1, 0.15) is 13.2 Å². The summed E-state index contributed by atoms with van der Waals surface area (Å²) in [7, 11) is 4.44. The first-order valence-electron chi connectivity index (χ1n) is 12.3. The van der Waals surface area contributed by atoms with E-state index in [1.165, 1.54) is 64.2 Å². The summed E-state index contributed by atoms with van der Waals surface area (Å²) in [6.07, 6.45) is 13.2. The number of fused-ring (bicyclic) bond motifs is 1. The fourth-order valence-electron chi connectivity index (χ4n) is 4.00. The number of quaternary nitrogens is 1. The molecule has 0 aliphatic rings. The molecule has 2 rings (SSSR count). The zero-order valence-electron chi connectivity index (χ0n) is 20.4. The molecule has 0 bridgehead atoms. The second kappa shape index (κ2) is 15.9. The lowest BCUT2D eigenvalue weighted by Crippen LogP contribution is -3.00. The number of carbonyl (C=O) groups is 1. The Labute approximate surface area is 201 Å². The van der Waals surface area contributed by atoms with Crippen LogP contribution < -0.4 is 17.7 Å². The fourth-order valence-corrected chi connectivity index (χ4v) is 4.00. The van der Waals surface area contributed by atoms with E-state index in [2.05, 4.69) is 26.3 Å². The molecule has 2 aromatic carbocycles. The molecule has 0 spiro atoms. The van der Waals surface area contributed by atoms with Crippen LogP contribution in [0.25, 0.3) is 10.8 Å². The summed E-state index contributed by atoms with van der Waals surface area (Å²) in [6.45, 7) is 4.67. The van der Waals surface area contributed by atoms with Crippen molar-refractivity contribution in [3.63, 3.8) is 0 Å². The minimum atomic E-state index is -0.379. The van der Waals surface area contributed by atoms with Gasteiger partial charge < -0.3 is 21.6 Å². The van der Waals surface area contributed by atoms with Gasteiger partial charge in [-0.05, 0) is 24.3 Å². The lowest BCUT2D eigenvalue weighted by molar-refractivity contribution is -0.890. The quantitative estimate of drug-likeness (QED) is 0.315. The van der Waals surface area contributed by atoms with Crippen LogP contribution in [0.15, 0.2) is 42.5 Å². The minimum Gasteiger partial charge on any atom is -1.00 e. The topological polar surface area (TPSA) is 38.3 Å². The van der Waals surface area contributed by atoms with Gasteiger partial charge in [0.15, 0.2) is 0 Å². The molecule has 0 heterocycles. The van der Waals surface area contributed by atoms with Gasteiger partial charge in [-0.15, -0.1) is 0 Å². The largest absolute Gasteiger partial charge is 1.00 e. The zero-order chi connectivity index (χ0) is 22.4. The molecule has 0 unspecified atom stereocenters. The normalized spacial score (nSPS) is 11.2. The van der Waals surface area contributed by atoms with Crippen molar-refractivity contribution < 1.29 is 26.4 Å². The zero-order valence-corrected chi connectivity index (χ0v) is 21.1. The van der Waals surface area contributed by atoms with Gasteiger partial charge in [0.05, 0.1) is 26.3 Å². The average Bonchev–Trinajstić information content (AvgIpc) is 2.75. The first-order valence-corrected chi connectivity index (χ1v) is 12.3. The molecule has 0 aliphatic carbocycles. The predicted molar refractivity (Wildman–Crippen MR) is 133 cm³/mol. The number of rotatable bonds is 15. The molecule has 0 radical (unpaired) electrons. The Morgan fingerprint density at radius 3 is 2.09 bits per heavy atom. The van der Waals surface area contributed by atoms with Crippen molar-refractivity contribution in [3.8, 4) is 0 Å². The fraction of sp³-hybridized carbons (Fsp3) is 0.593. The van der Waals surface area contributed by atoms with Gasteiger partial charge in [0.2, 0.25) is 0 Å². The van der Waals surface area contributed by atoms with Gasteiger partial charge in [-0.1, -0.05) is 94.7 Å². The summed E-state index contributed by atoms with van der Waals surface area (Å²) >= 11 is 0. The molecule has 32 heavy (non-hydrogen) atoms. The van der Waals surface area contributed by atoms with E-state index in [9.17, 15) is 4.79 Å². The van der Waals surface area contributed by atoms with Crippen molar-refractivity contribution >= 4 is 22.6 Å². The van der Waals surface area contributed by atoms with Crippen LogP contribution in [0.2, 0.25) is 0 Å². The van der Waals surface area contributed by atoms with Crippen LogP contribution in [0.5, 0.6) is 0 Å². The molecule has 4 nitrogen and oxygen atoms in total. The number of halogens is 1. The van der Waals surface area contributed by atoms with Gasteiger partial charge in [-0.25, -0.2) is 4.79 Å². The molecular formula is C27H43ClN2O2. The number of nitrogens with one attached hydrogen (secondary N) is 1. The number of likely N-dealkylation sites (N-methyl/N-ethyl adjacent to an activating group) is 1. The second-order valence-corrected chi connectivity index (χ2v) is 9.35. The Hall–Kier alpha value is -1.78. The van der Waals surface area contributed by atoms with Crippen LogP contribution in [-0.4, -0.2) is 44.4 Å². The predicted octanol–water partition coefficient (Wildman–Crippen LogP) is 4.39. The van der Waals surface area contributed by atoms with Gasteiger partial charge in [-0.2, -0.15) is 0 Å². The van der Waals surface area contributed by atoms with E-state index in [-0.39, 0.29) is 18.5 Å². The smallest absolute Gasteiger partial charge is 0.411 e. The van der Waals surface area contributed by atoms with E-state index in [4.69, 9.17) is 4.74 Å². The van der Waals surface area contributed by atoms with E-state index < -0.39 is 0 Å². The Bertz CT molecular complexity index is 774. The van der Waals surface area contributed by atoms with Crippen LogP contribution in [0.4, 0.5) is 10.5 Å². The van der Waals surface area contributed by atoms with Gasteiger partial charge in [-0.3, -0.25) is 5.32 Å². The van der Waals surface area contributed by atoms with Crippen molar-refractivity contribution in [1.82, 2.24) is 0 Å². The summed E-state index contributed by atoms with van der Waals surface area (Å²) in [6, 6.07) is 13.9. The highest BCUT2D eigenvalue weighted by Gasteiger charge is 2.16. The first-order chi connectivity index (χ1) is 15.0. The maximum Gasteiger partial charge on any atom is 0.411 e. The number of carbonyl (C=O) groups excluding carboxylic acids is 1. The van der Waals surface area contributed by atoms with Crippen molar-refractivity contribution in [2.75, 3.05) is 39.1 Å². The standard InChI is InChI=1S/C27H42N2O2.ClH/c1-4-5-6-7-8-9-10-11-12-15-21-29(2,3)22-23-31-27(30)28-26-20-16-18-24-17-13-14-19-25(24)26;/h13-14,16-20H,4-12,15,21-23H2,1-3H3;1H. The molecule has 0 aromatic heterocycles. The van der Waals surface area contributed by atoms with Crippen LogP contribution in [0.1, 0.15) is 71.1 Å². The Kier molecular flexibility index (Phi) is 14.1. The molecule has 180 valence electrons. The molecule has 1 N–H and O–H groups in total. The van der Waals surface area contributed by atoms with Crippen LogP contribution in [-0.2, 0) is 4.74 Å². The minimum absolute atomic E-state index is 0. The third-order valence-corrected chi connectivity index (χ3v) is 6.07. The highest BCUT2D eigenvalue weighted by molar-refractivity contribution is 6.00. The molecule has 0 atom stereocenters. The highest BCUT2D eigenvalue weighted by atomic mass is 35.5. The molecule has 0 fully saturated rings. The lowest BCUT2D eigenvalue weighted by atomic mass is 10.1. The molecular weight excluding hydrogens is 420 g/mol. The number of ether oxygens (including phenoxy) is 1. The van der Waals surface area contributed by atoms with Gasteiger partial charge >= 0.3 is 6.09 Å². The van der Waals surface area contributed by atoms with E-state index in [0.29, 0.717) is 6.61 Å². The summed E-state index contributed by atoms with van der Waals surface area (Å²) in [5, 5.41) is 5.02. The maximum atomic E-state index is 12.2. The molecule has 0 saturated carbocycles. The third-order valence-electron chi connectivity index (χ3n) is 6.07. The Balaban J connectivity index is 0.00000512. The Morgan fingerprint density at radius 2 is 1.41 bits per heavy atom. The SMILES string of the molecule is CCCCCCCCCCCC[N+](C)(C)CCOC(=O)Nc1cccc2ccccc12.[Cl-]. The van der Waals surface area contributed by atoms with E-state index in [1.807, 2.05) is 42.5 Å². The molecule has 1 amide bonds. The number of hydrogen-bond donors (Lipinski definition) is 1. The first kappa shape index (κ1) is 28.3. The van der Waals surface area contributed by atoms with Gasteiger partial charge in [0, 0.05) is 5.39 Å². The van der Waals surface area contributed by atoms with Crippen molar-refractivity contribution in [2.45, 2.75) is 71.1 Å². The highest BCUT2D eigenvalue weighted by Crippen LogP contribution is 2.23. The van der Waals surface area contributed by atoms with Crippen molar-refractivity contribution in [1.29, 1.82) is 0 Å². The molecule has 0 aliphatic heterocycles. The molecule has 0 saturated heterocycles. The van der Waals surface area contributed by atoms with Gasteiger partial charge in [0.25, 0.3) is 0 Å². The number of hydrogen-bond acceptors (Lipinski definition) is 2. The van der Waals surface area contributed by atoms with Crippen molar-refractivity contribution in [3.05, 3.63) is 42.5 Å². The maximum absolute atomic E-state index is 12.2. The van der Waals surface area contributed by atoms with Crippen LogP contribution >= 0.6 is 0 Å². The molecule has 5 heteroatoms. The summed E-state index contributed by atoms with van der Waals surface area (Å²) in [4.78, 5) is 12.2. The number of amides is 1. The molecule has 2 aromatic rings. The lowest BCUT2D eigenvalue weighted by Gasteiger charge is -2.29. The monoisotopic (exact) mass is 462 g/mol. The Morgan fingerprint density at radius 1 is 0.812 bits per heavy atom. The summed E-state index contributed by atoms with van der Waals surface area (Å²) in [5.41, 5.74) is 0.794. The van der Waals surface area contributed by atoms with Crippen LogP contribution in [0, 0.1) is 0 Å². The summed E-state index contributed by atoms with van der Waals surface area (Å²) < 4.78 is 6.35. The third kappa shape index (κ3) is 11.2. The van der Waals surface area contributed by atoms with E-state index in [0.717, 1.165) is 34.0 Å². The number of anilines is 1. The van der Waals surface area contributed by atoms with Crippen LogP contribution in [0.3, 0.4) is 0 Å². The second-order valence-electron chi connectivity index (χ2n) is 9.35. The van der Waals surface area contributed by atoms with Crippen molar-refractivity contribution in [2.24, 2.45) is 0 Å². The number of nitrogens with zero attached hydrogens (tertiary/aromatic N) is 1. The summed E-state index contributed by atoms with van der Waals surface area (Å²) in [5.74, 6) is 0. The van der Waals surface area contributed by atoms with E-state index in [1.54, 1.807) is 0 Å². The number of benzene rings is 2.